The van der Waals surface area contributed by atoms with Gasteiger partial charge < -0.3 is 9.30 Å². The zero-order chi connectivity index (χ0) is 25.7. The van der Waals surface area contributed by atoms with E-state index in [4.69, 9.17) is 4.74 Å². The molecular weight excluding hydrogens is 484 g/mol. The van der Waals surface area contributed by atoms with Crippen LogP contribution in [-0.4, -0.2) is 34.0 Å². The fourth-order valence-electron chi connectivity index (χ4n) is 4.80. The van der Waals surface area contributed by atoms with Crippen molar-refractivity contribution in [2.75, 3.05) is 7.11 Å². The number of pyridine rings is 2. The first kappa shape index (κ1) is 23.0. The molecule has 2 aromatic carbocycles. The van der Waals surface area contributed by atoms with Gasteiger partial charge in [-0.05, 0) is 61.0 Å². The molecule has 0 unspecified atom stereocenters. The monoisotopic (exact) mass is 508 g/mol. The van der Waals surface area contributed by atoms with Crippen LogP contribution in [0.3, 0.4) is 0 Å². The molecule has 184 valence electrons. The second-order valence-electron chi connectivity index (χ2n) is 8.99. The number of methoxy groups -OCH3 is 1. The van der Waals surface area contributed by atoms with Gasteiger partial charge in [-0.2, -0.15) is 0 Å². The molecule has 8 heteroatoms. The molecular formula is C29H24N4O3S. The standard InChI is InChI=1S/C29H24N4O3S/c1-19-6-9-22(10-7-19)37(34,35)33-28(26-18-32(2)27-11-8-21(36-3)15-24(26)27)16-25-23(12-14-31-29(25)33)20-5-4-13-30-17-20/h4-18H,1-3H3. The number of benzene rings is 2. The van der Waals surface area contributed by atoms with Crippen LogP contribution in [0.15, 0.2) is 96.4 Å². The average Bonchev–Trinajstić information content (AvgIpc) is 3.47. The van der Waals surface area contributed by atoms with Gasteiger partial charge in [0.15, 0.2) is 5.65 Å². The van der Waals surface area contributed by atoms with E-state index in [9.17, 15) is 8.42 Å². The van der Waals surface area contributed by atoms with E-state index in [1.165, 1.54) is 3.97 Å². The molecule has 0 fully saturated rings. The molecule has 0 saturated carbocycles. The Kier molecular flexibility index (Phi) is 5.35. The Morgan fingerprint density at radius 2 is 1.70 bits per heavy atom. The van der Waals surface area contributed by atoms with Crippen LogP contribution >= 0.6 is 0 Å². The van der Waals surface area contributed by atoms with Gasteiger partial charge in [-0.1, -0.05) is 23.8 Å². The van der Waals surface area contributed by atoms with Crippen molar-refractivity contribution >= 4 is 32.0 Å². The first-order chi connectivity index (χ1) is 17.9. The molecule has 0 amide bonds. The molecule has 0 bridgehead atoms. The minimum Gasteiger partial charge on any atom is -0.497 e. The van der Waals surface area contributed by atoms with Crippen molar-refractivity contribution in [2.45, 2.75) is 11.8 Å². The molecule has 4 heterocycles. The highest BCUT2D eigenvalue weighted by Gasteiger charge is 2.27. The summed E-state index contributed by atoms with van der Waals surface area (Å²) in [6.07, 6.45) is 7.07. The predicted octanol–water partition coefficient (Wildman–Crippen LogP) is 5.81. The quantitative estimate of drug-likeness (QED) is 0.294. The van der Waals surface area contributed by atoms with Crippen molar-refractivity contribution in [3.8, 4) is 28.1 Å². The zero-order valence-corrected chi connectivity index (χ0v) is 21.4. The van der Waals surface area contributed by atoms with Gasteiger partial charge in [0.1, 0.15) is 5.75 Å². The fourth-order valence-corrected chi connectivity index (χ4v) is 6.27. The average molecular weight is 509 g/mol. The summed E-state index contributed by atoms with van der Waals surface area (Å²) >= 11 is 0. The van der Waals surface area contributed by atoms with Crippen LogP contribution in [0.25, 0.3) is 44.3 Å². The van der Waals surface area contributed by atoms with E-state index < -0.39 is 10.0 Å². The third-order valence-electron chi connectivity index (χ3n) is 6.67. The molecule has 0 spiro atoms. The Labute approximate surface area is 214 Å². The number of aromatic nitrogens is 4. The number of fused-ring (bicyclic) bond motifs is 2. The van der Waals surface area contributed by atoms with Gasteiger partial charge in [0.25, 0.3) is 10.0 Å². The summed E-state index contributed by atoms with van der Waals surface area (Å²) < 4.78 is 37.2. The number of rotatable bonds is 5. The van der Waals surface area contributed by atoms with E-state index >= 15 is 0 Å². The lowest BCUT2D eigenvalue weighted by Gasteiger charge is -2.12. The second-order valence-corrected chi connectivity index (χ2v) is 10.8. The van der Waals surface area contributed by atoms with Crippen LogP contribution in [0.2, 0.25) is 0 Å². The lowest BCUT2D eigenvalue weighted by Crippen LogP contribution is -2.14. The van der Waals surface area contributed by atoms with Crippen molar-refractivity contribution < 1.29 is 13.2 Å². The normalized spacial score (nSPS) is 11.9. The summed E-state index contributed by atoms with van der Waals surface area (Å²) in [5.74, 6) is 0.693. The van der Waals surface area contributed by atoms with Gasteiger partial charge in [-0.3, -0.25) is 4.98 Å². The summed E-state index contributed by atoms with van der Waals surface area (Å²) in [5.41, 5.74) is 5.33. The highest BCUT2D eigenvalue weighted by Crippen LogP contribution is 2.40. The maximum absolute atomic E-state index is 14.2. The van der Waals surface area contributed by atoms with E-state index in [0.717, 1.165) is 38.5 Å². The first-order valence-electron chi connectivity index (χ1n) is 11.7. The Bertz CT molecular complexity index is 1890. The Hall–Kier alpha value is -4.43. The molecule has 37 heavy (non-hydrogen) atoms. The molecule has 6 aromatic rings. The van der Waals surface area contributed by atoms with Gasteiger partial charge in [0.2, 0.25) is 0 Å². The van der Waals surface area contributed by atoms with Gasteiger partial charge >= 0.3 is 0 Å². The minimum atomic E-state index is -3.99. The number of aryl methyl sites for hydroxylation is 2. The Balaban J connectivity index is 1.73. The predicted molar refractivity (Wildman–Crippen MR) is 145 cm³/mol. The van der Waals surface area contributed by atoms with Gasteiger partial charge in [0.05, 0.1) is 17.7 Å². The third kappa shape index (κ3) is 3.68. The van der Waals surface area contributed by atoms with E-state index in [1.807, 2.05) is 67.2 Å². The Morgan fingerprint density at radius 1 is 0.892 bits per heavy atom. The number of hydrogen-bond donors (Lipinski definition) is 0. The molecule has 0 aliphatic carbocycles. The van der Waals surface area contributed by atoms with Crippen LogP contribution in [0.4, 0.5) is 0 Å². The van der Waals surface area contributed by atoms with Crippen LogP contribution < -0.4 is 4.74 Å². The van der Waals surface area contributed by atoms with Crippen molar-refractivity contribution in [3.05, 3.63) is 97.1 Å². The van der Waals surface area contributed by atoms with E-state index in [1.54, 1.807) is 50.0 Å². The molecule has 4 aromatic heterocycles. The number of nitrogens with zero attached hydrogens (tertiary/aromatic N) is 4. The number of ether oxygens (including phenoxy) is 1. The van der Waals surface area contributed by atoms with Crippen molar-refractivity contribution in [2.24, 2.45) is 7.05 Å². The Morgan fingerprint density at radius 3 is 2.43 bits per heavy atom. The lowest BCUT2D eigenvalue weighted by atomic mass is 10.0. The topological polar surface area (TPSA) is 79.0 Å². The van der Waals surface area contributed by atoms with E-state index in [0.29, 0.717) is 17.1 Å². The summed E-state index contributed by atoms with van der Waals surface area (Å²) in [5, 5.41) is 1.61. The molecule has 0 radical (unpaired) electrons. The number of hydrogen-bond acceptors (Lipinski definition) is 5. The maximum atomic E-state index is 14.2. The smallest absolute Gasteiger partial charge is 0.269 e. The molecule has 0 saturated heterocycles. The van der Waals surface area contributed by atoms with Crippen molar-refractivity contribution in [1.82, 2.24) is 18.5 Å². The summed E-state index contributed by atoms with van der Waals surface area (Å²) in [6, 6.07) is 20.3. The summed E-state index contributed by atoms with van der Waals surface area (Å²) in [6.45, 7) is 1.93. The minimum absolute atomic E-state index is 0.197. The SMILES string of the molecule is COc1ccc2c(c1)c(-c1cc3c(-c4cccnc4)ccnc3n1S(=O)(=O)c1ccc(C)cc1)cn2C. The fraction of sp³-hybridized carbons (Fsp3) is 0.103. The van der Waals surface area contributed by atoms with Crippen molar-refractivity contribution in [1.29, 1.82) is 0 Å². The van der Waals surface area contributed by atoms with E-state index in [2.05, 4.69) is 9.97 Å². The molecule has 0 aliphatic heterocycles. The second kappa shape index (κ2) is 8.60. The largest absolute Gasteiger partial charge is 0.497 e. The van der Waals surface area contributed by atoms with Gasteiger partial charge in [-0.25, -0.2) is 17.4 Å². The molecule has 6 rings (SSSR count). The zero-order valence-electron chi connectivity index (χ0n) is 20.6. The molecule has 0 aliphatic rings. The highest BCUT2D eigenvalue weighted by atomic mass is 32.2. The van der Waals surface area contributed by atoms with Gasteiger partial charge in [0, 0.05) is 59.3 Å². The summed E-state index contributed by atoms with van der Waals surface area (Å²) in [4.78, 5) is 9.03. The molecule has 7 nitrogen and oxygen atoms in total. The first-order valence-corrected chi connectivity index (χ1v) is 13.2. The molecule has 0 atom stereocenters. The molecule has 0 N–H and O–H groups in total. The highest BCUT2D eigenvalue weighted by molar-refractivity contribution is 7.90. The van der Waals surface area contributed by atoms with Crippen LogP contribution in [0.5, 0.6) is 5.75 Å². The van der Waals surface area contributed by atoms with Crippen LogP contribution in [0.1, 0.15) is 5.56 Å². The van der Waals surface area contributed by atoms with Crippen LogP contribution in [-0.2, 0) is 17.1 Å². The lowest BCUT2D eigenvalue weighted by molar-refractivity contribution is 0.415. The summed E-state index contributed by atoms with van der Waals surface area (Å²) in [7, 11) is -0.432. The van der Waals surface area contributed by atoms with Crippen LogP contribution in [0, 0.1) is 6.92 Å². The van der Waals surface area contributed by atoms with Crippen molar-refractivity contribution in [3.63, 3.8) is 0 Å². The van der Waals surface area contributed by atoms with E-state index in [-0.39, 0.29) is 4.90 Å². The third-order valence-corrected chi connectivity index (χ3v) is 8.38. The maximum Gasteiger partial charge on any atom is 0.269 e. The van der Waals surface area contributed by atoms with Gasteiger partial charge in [-0.15, -0.1) is 0 Å².